The zero-order valence-electron chi connectivity index (χ0n) is 11.9. The molecule has 1 aliphatic heterocycles. The highest BCUT2D eigenvalue weighted by Gasteiger charge is 2.29. The fourth-order valence-corrected chi connectivity index (χ4v) is 2.51. The zero-order chi connectivity index (χ0) is 15.0. The molecule has 6 heteroatoms. The number of rotatable bonds is 2. The van der Waals surface area contributed by atoms with Gasteiger partial charge in [-0.2, -0.15) is 0 Å². The molecule has 1 aliphatic rings. The van der Waals surface area contributed by atoms with Crippen LogP contribution in [-0.2, 0) is 16.1 Å². The largest absolute Gasteiger partial charge is 0.461 e. The van der Waals surface area contributed by atoms with E-state index < -0.39 is 5.97 Å². The number of hydrogen-bond donors (Lipinski definition) is 0. The van der Waals surface area contributed by atoms with Gasteiger partial charge in [0.1, 0.15) is 6.33 Å². The molecule has 1 aromatic carbocycles. The fraction of sp³-hybridized carbons (Fsp3) is 0.267. The van der Waals surface area contributed by atoms with Gasteiger partial charge >= 0.3 is 5.97 Å². The van der Waals surface area contributed by atoms with Crippen LogP contribution in [0.5, 0.6) is 0 Å². The summed E-state index contributed by atoms with van der Waals surface area (Å²) in [6.45, 7) is 3.85. The minimum Gasteiger partial charge on any atom is -0.461 e. The van der Waals surface area contributed by atoms with Crippen LogP contribution in [0, 0.1) is 0 Å². The van der Waals surface area contributed by atoms with Crippen molar-refractivity contribution in [3.63, 3.8) is 0 Å². The number of ether oxygens (including phenoxy) is 1. The van der Waals surface area contributed by atoms with E-state index >= 15 is 0 Å². The summed E-state index contributed by atoms with van der Waals surface area (Å²) in [5.41, 5.74) is 2.57. The molecule has 0 fully saturated rings. The minimum atomic E-state index is -0.464. The predicted molar refractivity (Wildman–Crippen MR) is 76.4 cm³/mol. The summed E-state index contributed by atoms with van der Waals surface area (Å²) in [6, 6.07) is 7.54. The molecule has 0 saturated carbocycles. The second-order valence-electron chi connectivity index (χ2n) is 4.72. The summed E-state index contributed by atoms with van der Waals surface area (Å²) in [5, 5.41) is 0. The Morgan fingerprint density at radius 1 is 1.29 bits per heavy atom. The molecule has 0 spiro atoms. The smallest absolute Gasteiger partial charge is 0.358 e. The molecule has 108 valence electrons. The van der Waals surface area contributed by atoms with Gasteiger partial charge in [-0.15, -0.1) is 0 Å². The minimum absolute atomic E-state index is 0.0790. The average molecular weight is 285 g/mol. The van der Waals surface area contributed by atoms with E-state index in [1.807, 2.05) is 28.8 Å². The summed E-state index contributed by atoms with van der Waals surface area (Å²) in [7, 11) is 0. The van der Waals surface area contributed by atoms with Gasteiger partial charge in [0.2, 0.25) is 5.91 Å². The maximum atomic E-state index is 12.0. The topological polar surface area (TPSA) is 64.4 Å². The Hall–Kier alpha value is -2.63. The highest BCUT2D eigenvalue weighted by Crippen LogP contribution is 2.33. The summed E-state index contributed by atoms with van der Waals surface area (Å²) in [4.78, 5) is 29.6. The van der Waals surface area contributed by atoms with Crippen molar-refractivity contribution in [1.29, 1.82) is 0 Å². The molecule has 2 heterocycles. The third kappa shape index (κ3) is 2.08. The highest BCUT2D eigenvalue weighted by molar-refractivity contribution is 5.96. The van der Waals surface area contributed by atoms with E-state index in [-0.39, 0.29) is 18.2 Å². The van der Waals surface area contributed by atoms with Crippen LogP contribution in [0.2, 0.25) is 0 Å². The first kappa shape index (κ1) is 13.4. The molecule has 2 aromatic rings. The molecule has 1 amide bonds. The summed E-state index contributed by atoms with van der Waals surface area (Å²) in [5.74, 6) is -0.543. The summed E-state index contributed by atoms with van der Waals surface area (Å²) < 4.78 is 6.85. The number of hydrogen-bond acceptors (Lipinski definition) is 4. The van der Waals surface area contributed by atoms with Gasteiger partial charge in [0, 0.05) is 6.92 Å². The highest BCUT2D eigenvalue weighted by atomic mass is 16.5. The third-order valence-electron chi connectivity index (χ3n) is 3.46. The lowest BCUT2D eigenvalue weighted by Gasteiger charge is -2.29. The van der Waals surface area contributed by atoms with Crippen molar-refractivity contribution < 1.29 is 14.3 Å². The Balaban J connectivity index is 2.14. The van der Waals surface area contributed by atoms with E-state index in [4.69, 9.17) is 4.74 Å². The van der Waals surface area contributed by atoms with Gasteiger partial charge < -0.3 is 9.64 Å². The van der Waals surface area contributed by atoms with Crippen LogP contribution in [0.15, 0.2) is 30.6 Å². The molecule has 0 atom stereocenters. The standard InChI is InChI=1S/C15H15N3O3/c1-3-21-15(20)14-13-8-17(10(2)19)11-6-4-5-7-12(11)18(13)9-16-14/h4-7,9H,3,8H2,1-2H3. The van der Waals surface area contributed by atoms with Crippen LogP contribution in [0.25, 0.3) is 5.69 Å². The Morgan fingerprint density at radius 3 is 2.67 bits per heavy atom. The lowest BCUT2D eigenvalue weighted by atomic mass is 10.1. The quantitative estimate of drug-likeness (QED) is 0.791. The third-order valence-corrected chi connectivity index (χ3v) is 3.46. The van der Waals surface area contributed by atoms with Crippen LogP contribution in [0.3, 0.4) is 0 Å². The van der Waals surface area contributed by atoms with Gasteiger partial charge in [0.15, 0.2) is 5.69 Å². The van der Waals surface area contributed by atoms with Gasteiger partial charge in [-0.3, -0.25) is 9.36 Å². The lowest BCUT2D eigenvalue weighted by Crippen LogP contribution is -2.33. The lowest BCUT2D eigenvalue weighted by molar-refractivity contribution is -0.116. The second-order valence-corrected chi connectivity index (χ2v) is 4.72. The van der Waals surface area contributed by atoms with Crippen LogP contribution in [0.1, 0.15) is 30.0 Å². The maximum absolute atomic E-state index is 12.0. The molecule has 0 bridgehead atoms. The van der Waals surface area contributed by atoms with E-state index in [1.165, 1.54) is 6.92 Å². The average Bonchev–Trinajstić information content (AvgIpc) is 2.90. The van der Waals surface area contributed by atoms with E-state index in [1.54, 1.807) is 18.2 Å². The molecular weight excluding hydrogens is 270 g/mol. The Kier molecular flexibility index (Phi) is 3.21. The molecule has 0 saturated heterocycles. The molecule has 21 heavy (non-hydrogen) atoms. The number of aromatic nitrogens is 2. The first-order valence-corrected chi connectivity index (χ1v) is 6.74. The zero-order valence-corrected chi connectivity index (χ0v) is 11.9. The summed E-state index contributed by atoms with van der Waals surface area (Å²) >= 11 is 0. The van der Waals surface area contributed by atoms with E-state index in [0.29, 0.717) is 12.2 Å². The van der Waals surface area contributed by atoms with E-state index in [2.05, 4.69) is 4.98 Å². The normalized spacial score (nSPS) is 12.6. The van der Waals surface area contributed by atoms with Crippen LogP contribution >= 0.6 is 0 Å². The molecule has 1 aromatic heterocycles. The number of esters is 1. The van der Waals surface area contributed by atoms with Crippen LogP contribution in [-0.4, -0.2) is 28.0 Å². The van der Waals surface area contributed by atoms with Gasteiger partial charge in [-0.1, -0.05) is 12.1 Å². The predicted octanol–water partition coefficient (Wildman–Crippen LogP) is 1.92. The van der Waals surface area contributed by atoms with Crippen molar-refractivity contribution in [3.8, 4) is 5.69 Å². The number of fused-ring (bicyclic) bond motifs is 3. The first-order chi connectivity index (χ1) is 10.1. The van der Waals surface area contributed by atoms with Crippen molar-refractivity contribution in [2.45, 2.75) is 20.4 Å². The first-order valence-electron chi connectivity index (χ1n) is 6.74. The number of benzene rings is 1. The Labute approximate surface area is 122 Å². The van der Waals surface area contributed by atoms with Crippen molar-refractivity contribution in [2.75, 3.05) is 11.5 Å². The van der Waals surface area contributed by atoms with Crippen molar-refractivity contribution >= 4 is 17.6 Å². The molecular formula is C15H15N3O3. The maximum Gasteiger partial charge on any atom is 0.358 e. The SMILES string of the molecule is CCOC(=O)c1ncn2c1CN(C(C)=O)c1ccccc1-2. The Morgan fingerprint density at radius 2 is 2.00 bits per heavy atom. The van der Waals surface area contributed by atoms with Crippen LogP contribution < -0.4 is 4.90 Å². The number of carbonyl (C=O) groups is 2. The number of amides is 1. The van der Waals surface area contributed by atoms with Gasteiger partial charge in [-0.05, 0) is 19.1 Å². The number of carbonyl (C=O) groups excluding carboxylic acids is 2. The van der Waals surface area contributed by atoms with Crippen molar-refractivity contribution in [1.82, 2.24) is 9.55 Å². The molecule has 0 radical (unpaired) electrons. The number of nitrogens with zero attached hydrogens (tertiary/aromatic N) is 3. The van der Waals surface area contributed by atoms with Gasteiger partial charge in [-0.25, -0.2) is 9.78 Å². The monoisotopic (exact) mass is 285 g/mol. The molecule has 6 nitrogen and oxygen atoms in total. The number of para-hydroxylation sites is 2. The van der Waals surface area contributed by atoms with Gasteiger partial charge in [0.05, 0.1) is 30.2 Å². The molecule has 0 N–H and O–H groups in total. The second kappa shape index (κ2) is 5.05. The molecule has 3 rings (SSSR count). The summed E-state index contributed by atoms with van der Waals surface area (Å²) in [6.07, 6.45) is 1.60. The Bertz CT molecular complexity index is 721. The van der Waals surface area contributed by atoms with Gasteiger partial charge in [0.25, 0.3) is 0 Å². The van der Waals surface area contributed by atoms with Crippen molar-refractivity contribution in [2.24, 2.45) is 0 Å². The molecule has 0 unspecified atom stereocenters. The fourth-order valence-electron chi connectivity index (χ4n) is 2.51. The number of anilines is 1. The van der Waals surface area contributed by atoms with Crippen molar-refractivity contribution in [3.05, 3.63) is 42.0 Å². The molecule has 0 aliphatic carbocycles. The van der Waals surface area contributed by atoms with E-state index in [0.717, 1.165) is 11.4 Å². The van der Waals surface area contributed by atoms with Crippen LogP contribution in [0.4, 0.5) is 5.69 Å². The number of imidazole rings is 1. The van der Waals surface area contributed by atoms with E-state index in [9.17, 15) is 9.59 Å².